The number of rotatable bonds is 2. The van der Waals surface area contributed by atoms with E-state index in [0.717, 1.165) is 0 Å². The van der Waals surface area contributed by atoms with E-state index in [4.69, 9.17) is 4.74 Å². The summed E-state index contributed by atoms with van der Waals surface area (Å²) in [5, 5.41) is 0. The SMILES string of the molecule is CCOC(=O)C1(C)CC([18F])C1. The van der Waals surface area contributed by atoms with Crippen molar-refractivity contribution in [2.24, 2.45) is 5.41 Å². The Bertz CT molecular complexity index is 161. The standard InChI is InChI=1S/C8H13FO2/c1-3-11-7(10)8(2)4-6(9)5-8/h6H,3-5H2,1-2H3/i9-1. The first-order valence-electron chi connectivity index (χ1n) is 3.90. The normalized spacial score (nSPS) is 36.1. The van der Waals surface area contributed by atoms with Gasteiger partial charge in [0, 0.05) is 0 Å². The monoisotopic (exact) mass is 159 g/mol. The summed E-state index contributed by atoms with van der Waals surface area (Å²) in [7, 11) is 0. The van der Waals surface area contributed by atoms with Crippen molar-refractivity contribution in [3.05, 3.63) is 0 Å². The fourth-order valence-corrected chi connectivity index (χ4v) is 1.39. The molecule has 0 aromatic carbocycles. The van der Waals surface area contributed by atoms with Crippen molar-refractivity contribution in [3.8, 4) is 0 Å². The number of carbonyl (C=O) groups is 1. The van der Waals surface area contributed by atoms with Gasteiger partial charge in [-0.05, 0) is 26.7 Å². The van der Waals surface area contributed by atoms with E-state index in [1.165, 1.54) is 0 Å². The lowest BCUT2D eigenvalue weighted by atomic mass is 9.69. The van der Waals surface area contributed by atoms with Crippen LogP contribution in [0.2, 0.25) is 0 Å². The maximum atomic E-state index is 12.4. The topological polar surface area (TPSA) is 26.3 Å². The van der Waals surface area contributed by atoms with Crippen molar-refractivity contribution in [1.29, 1.82) is 0 Å². The molecule has 0 aromatic heterocycles. The molecule has 1 aliphatic rings. The second-order valence-electron chi connectivity index (χ2n) is 3.29. The van der Waals surface area contributed by atoms with Gasteiger partial charge in [0.15, 0.2) is 0 Å². The summed E-state index contributed by atoms with van der Waals surface area (Å²) in [5.74, 6) is -0.256. The number of alkyl halides is 1. The summed E-state index contributed by atoms with van der Waals surface area (Å²) in [4.78, 5) is 11.1. The first kappa shape index (κ1) is 8.50. The van der Waals surface area contributed by atoms with E-state index in [1.807, 2.05) is 0 Å². The van der Waals surface area contributed by atoms with Gasteiger partial charge in [0.2, 0.25) is 0 Å². The second-order valence-corrected chi connectivity index (χ2v) is 3.29. The Morgan fingerprint density at radius 3 is 2.64 bits per heavy atom. The predicted molar refractivity (Wildman–Crippen MR) is 38.9 cm³/mol. The highest BCUT2D eigenvalue weighted by molar-refractivity contribution is 5.77. The maximum Gasteiger partial charge on any atom is 0.311 e. The lowest BCUT2D eigenvalue weighted by molar-refractivity contribution is -0.163. The maximum absolute atomic E-state index is 12.4. The van der Waals surface area contributed by atoms with Crippen LogP contribution in [0, 0.1) is 5.41 Å². The van der Waals surface area contributed by atoms with Crippen LogP contribution in [0.25, 0.3) is 0 Å². The average molecular weight is 159 g/mol. The zero-order valence-electron chi connectivity index (χ0n) is 6.89. The van der Waals surface area contributed by atoms with Crippen LogP contribution < -0.4 is 0 Å². The molecule has 1 rings (SSSR count). The molecule has 0 bridgehead atoms. The van der Waals surface area contributed by atoms with Crippen LogP contribution in [0.5, 0.6) is 0 Å². The van der Waals surface area contributed by atoms with Gasteiger partial charge in [0.05, 0.1) is 12.0 Å². The first-order chi connectivity index (χ1) is 5.08. The van der Waals surface area contributed by atoms with E-state index in [1.54, 1.807) is 13.8 Å². The zero-order valence-corrected chi connectivity index (χ0v) is 6.89. The Morgan fingerprint density at radius 2 is 2.27 bits per heavy atom. The summed E-state index contributed by atoms with van der Waals surface area (Å²) in [6.07, 6.45) is -0.151. The van der Waals surface area contributed by atoms with Crippen LogP contribution in [0.3, 0.4) is 0 Å². The van der Waals surface area contributed by atoms with Crippen LogP contribution in [0.4, 0.5) is 4.39 Å². The van der Waals surface area contributed by atoms with Crippen LogP contribution >= 0.6 is 0 Å². The minimum absolute atomic E-state index is 0.256. The highest BCUT2D eigenvalue weighted by Gasteiger charge is 2.47. The van der Waals surface area contributed by atoms with Gasteiger partial charge in [0.25, 0.3) is 0 Å². The molecule has 0 heterocycles. The summed E-state index contributed by atoms with van der Waals surface area (Å²) in [6.45, 7) is 3.89. The number of hydrogen-bond acceptors (Lipinski definition) is 2. The molecule has 2 nitrogen and oxygen atoms in total. The second kappa shape index (κ2) is 2.80. The molecule has 3 heteroatoms. The molecule has 0 radical (unpaired) electrons. The molecule has 1 saturated carbocycles. The Labute approximate surface area is 65.7 Å². The van der Waals surface area contributed by atoms with Gasteiger partial charge in [0.1, 0.15) is 6.17 Å². The van der Waals surface area contributed by atoms with Gasteiger partial charge in [-0.3, -0.25) is 4.79 Å². The number of ether oxygens (including phenoxy) is 1. The van der Waals surface area contributed by atoms with Gasteiger partial charge >= 0.3 is 5.97 Å². The number of esters is 1. The summed E-state index contributed by atoms with van der Waals surface area (Å²) < 4.78 is 17.2. The Balaban J connectivity index is 2.41. The molecule has 0 aliphatic heterocycles. The van der Waals surface area contributed by atoms with Crippen LogP contribution in [0.1, 0.15) is 26.7 Å². The molecule has 0 amide bonds. The van der Waals surface area contributed by atoms with E-state index in [9.17, 15) is 9.18 Å². The van der Waals surface area contributed by atoms with Crippen molar-refractivity contribution in [2.75, 3.05) is 6.61 Å². The fourth-order valence-electron chi connectivity index (χ4n) is 1.39. The van der Waals surface area contributed by atoms with E-state index >= 15 is 0 Å². The summed E-state index contributed by atoms with van der Waals surface area (Å²) in [5.41, 5.74) is -0.532. The Kier molecular flexibility index (Phi) is 2.16. The molecule has 0 saturated heterocycles. The average Bonchev–Trinajstić information content (AvgIpc) is 1.85. The molecular formula is C8H13FO2. The van der Waals surface area contributed by atoms with Gasteiger partial charge in [-0.1, -0.05) is 0 Å². The van der Waals surface area contributed by atoms with Crippen molar-refractivity contribution in [3.63, 3.8) is 0 Å². The highest BCUT2D eigenvalue weighted by atomic mass is 18.2. The van der Waals surface area contributed by atoms with E-state index in [-0.39, 0.29) is 5.97 Å². The lowest BCUT2D eigenvalue weighted by Gasteiger charge is -2.38. The van der Waals surface area contributed by atoms with Gasteiger partial charge in [-0.15, -0.1) is 0 Å². The molecule has 0 spiro atoms. The molecule has 0 aromatic rings. The van der Waals surface area contributed by atoms with Crippen molar-refractivity contribution < 1.29 is 13.9 Å². The van der Waals surface area contributed by atoms with E-state index in [0.29, 0.717) is 19.4 Å². The predicted octanol–water partition coefficient (Wildman–Crippen LogP) is 1.69. The molecule has 0 atom stereocenters. The minimum Gasteiger partial charge on any atom is -0.466 e. The quantitative estimate of drug-likeness (QED) is 0.573. The zero-order chi connectivity index (χ0) is 8.48. The number of carbonyl (C=O) groups excluding carboxylic acids is 1. The smallest absolute Gasteiger partial charge is 0.311 e. The summed E-state index contributed by atoms with van der Waals surface area (Å²) in [6, 6.07) is 0. The molecule has 1 fully saturated rings. The van der Waals surface area contributed by atoms with Gasteiger partial charge in [-0.25, -0.2) is 4.39 Å². The van der Waals surface area contributed by atoms with E-state index in [2.05, 4.69) is 0 Å². The van der Waals surface area contributed by atoms with Crippen molar-refractivity contribution >= 4 is 5.97 Å². The number of hydrogen-bond donors (Lipinski definition) is 0. The Morgan fingerprint density at radius 1 is 1.73 bits per heavy atom. The first-order valence-corrected chi connectivity index (χ1v) is 3.90. The van der Waals surface area contributed by atoms with Crippen molar-refractivity contribution in [2.45, 2.75) is 32.9 Å². The molecule has 1 aliphatic carbocycles. The van der Waals surface area contributed by atoms with Crippen LogP contribution in [-0.2, 0) is 9.53 Å². The molecule has 0 unspecified atom stereocenters. The third kappa shape index (κ3) is 1.52. The molecule has 11 heavy (non-hydrogen) atoms. The summed E-state index contributed by atoms with van der Waals surface area (Å²) >= 11 is 0. The van der Waals surface area contributed by atoms with Crippen LogP contribution in [-0.4, -0.2) is 18.7 Å². The molecular weight excluding hydrogens is 146 g/mol. The Hall–Kier alpha value is -0.600. The molecule has 64 valence electrons. The van der Waals surface area contributed by atoms with Crippen LogP contribution in [0.15, 0.2) is 0 Å². The number of halogens is 1. The van der Waals surface area contributed by atoms with Gasteiger partial charge in [-0.2, -0.15) is 0 Å². The third-order valence-electron chi connectivity index (χ3n) is 2.11. The van der Waals surface area contributed by atoms with Crippen molar-refractivity contribution in [1.82, 2.24) is 0 Å². The fraction of sp³-hybridized carbons (Fsp3) is 0.875. The third-order valence-corrected chi connectivity index (χ3v) is 2.11. The van der Waals surface area contributed by atoms with E-state index < -0.39 is 11.6 Å². The molecule has 0 N–H and O–H groups in total. The minimum atomic E-state index is -0.801. The van der Waals surface area contributed by atoms with Gasteiger partial charge < -0.3 is 4.74 Å². The highest BCUT2D eigenvalue weighted by Crippen LogP contribution is 2.43. The lowest BCUT2D eigenvalue weighted by Crippen LogP contribution is -2.43. The largest absolute Gasteiger partial charge is 0.466 e.